The Balaban J connectivity index is 1.93. The monoisotopic (exact) mass is 298 g/mol. The van der Waals surface area contributed by atoms with E-state index in [1.807, 2.05) is 6.92 Å². The summed E-state index contributed by atoms with van der Waals surface area (Å²) in [6, 6.07) is 0.455. The predicted molar refractivity (Wildman–Crippen MR) is 85.5 cm³/mol. The minimum atomic E-state index is 0.165. The van der Waals surface area contributed by atoms with Crippen molar-refractivity contribution in [3.05, 3.63) is 0 Å². The molecule has 0 aromatic carbocycles. The fourth-order valence-corrected chi connectivity index (χ4v) is 1.88. The lowest BCUT2D eigenvalue weighted by molar-refractivity contribution is -0.121. The van der Waals surface area contributed by atoms with Crippen LogP contribution in [0.25, 0.3) is 0 Å². The number of carbonyl (C=O) groups is 1. The second-order valence-electron chi connectivity index (χ2n) is 5.28. The lowest BCUT2D eigenvalue weighted by Crippen LogP contribution is -2.38. The van der Waals surface area contributed by atoms with Crippen LogP contribution in [0.4, 0.5) is 0 Å². The summed E-state index contributed by atoms with van der Waals surface area (Å²) < 4.78 is 5.29. The van der Waals surface area contributed by atoms with Crippen molar-refractivity contribution in [1.29, 1.82) is 0 Å². The van der Waals surface area contributed by atoms with Gasteiger partial charge in [0.1, 0.15) is 0 Å². The molecule has 6 heteroatoms. The molecule has 1 amide bonds. The third-order valence-corrected chi connectivity index (χ3v) is 3.25. The van der Waals surface area contributed by atoms with E-state index in [4.69, 9.17) is 4.74 Å². The van der Waals surface area contributed by atoms with Gasteiger partial charge in [0.15, 0.2) is 5.96 Å². The molecular formula is C15H30N4O2. The van der Waals surface area contributed by atoms with Crippen LogP contribution in [0.5, 0.6) is 0 Å². The molecule has 1 rings (SSSR count). The number of guanidine groups is 1. The van der Waals surface area contributed by atoms with E-state index in [2.05, 4.69) is 20.9 Å². The number of unbranched alkanes of at least 4 members (excludes halogenated alkanes) is 1. The quantitative estimate of drug-likeness (QED) is 0.302. The lowest BCUT2D eigenvalue weighted by atomic mass is 10.3. The molecule has 0 saturated heterocycles. The standard InChI is InChI=1S/C15H30N4O2/c1-3-21-12-5-4-10-17-15(16-2)18-11-6-7-14(20)19-13-8-9-13/h13H,3-12H2,1-2H3,(H,19,20)(H2,16,17,18). The number of hydrogen-bond donors (Lipinski definition) is 3. The largest absolute Gasteiger partial charge is 0.382 e. The molecule has 0 aliphatic heterocycles. The fraction of sp³-hybridized carbons (Fsp3) is 0.867. The van der Waals surface area contributed by atoms with Crippen molar-refractivity contribution >= 4 is 11.9 Å². The van der Waals surface area contributed by atoms with E-state index in [1.54, 1.807) is 7.05 Å². The first kappa shape index (κ1) is 17.8. The highest BCUT2D eigenvalue weighted by molar-refractivity contribution is 5.79. The summed E-state index contributed by atoms with van der Waals surface area (Å²) in [7, 11) is 1.76. The van der Waals surface area contributed by atoms with Crippen molar-refractivity contribution < 1.29 is 9.53 Å². The first-order valence-corrected chi connectivity index (χ1v) is 8.08. The van der Waals surface area contributed by atoms with Crippen molar-refractivity contribution in [2.24, 2.45) is 4.99 Å². The van der Waals surface area contributed by atoms with Crippen LogP contribution >= 0.6 is 0 Å². The Kier molecular flexibility index (Phi) is 9.61. The highest BCUT2D eigenvalue weighted by Gasteiger charge is 2.22. The zero-order chi connectivity index (χ0) is 15.3. The Bertz CT molecular complexity index is 317. The highest BCUT2D eigenvalue weighted by Crippen LogP contribution is 2.18. The number of hydrogen-bond acceptors (Lipinski definition) is 3. The van der Waals surface area contributed by atoms with Crippen molar-refractivity contribution in [2.45, 2.75) is 51.5 Å². The van der Waals surface area contributed by atoms with Gasteiger partial charge in [0.05, 0.1) is 0 Å². The molecule has 0 aromatic rings. The SMILES string of the molecule is CCOCCCCNC(=NC)NCCCC(=O)NC1CC1. The summed E-state index contributed by atoms with van der Waals surface area (Å²) in [6.07, 6.45) is 5.80. The van der Waals surface area contributed by atoms with Gasteiger partial charge in [0, 0.05) is 45.8 Å². The normalized spacial score (nSPS) is 14.9. The first-order valence-electron chi connectivity index (χ1n) is 8.08. The molecule has 0 radical (unpaired) electrons. The van der Waals surface area contributed by atoms with Crippen LogP contribution in [0.1, 0.15) is 45.4 Å². The average molecular weight is 298 g/mol. The zero-order valence-electron chi connectivity index (χ0n) is 13.4. The second kappa shape index (κ2) is 11.4. The van der Waals surface area contributed by atoms with E-state index in [1.165, 1.54) is 0 Å². The van der Waals surface area contributed by atoms with Gasteiger partial charge < -0.3 is 20.7 Å². The van der Waals surface area contributed by atoms with Crippen molar-refractivity contribution in [3.8, 4) is 0 Å². The van der Waals surface area contributed by atoms with Crippen LogP contribution < -0.4 is 16.0 Å². The van der Waals surface area contributed by atoms with Gasteiger partial charge in [-0.05, 0) is 39.0 Å². The molecule has 21 heavy (non-hydrogen) atoms. The third-order valence-electron chi connectivity index (χ3n) is 3.25. The lowest BCUT2D eigenvalue weighted by Gasteiger charge is -2.11. The molecule has 122 valence electrons. The Morgan fingerprint density at radius 3 is 2.52 bits per heavy atom. The predicted octanol–water partition coefficient (Wildman–Crippen LogP) is 1.03. The Morgan fingerprint density at radius 2 is 1.90 bits per heavy atom. The van der Waals surface area contributed by atoms with Crippen LogP contribution in [0.3, 0.4) is 0 Å². The summed E-state index contributed by atoms with van der Waals surface area (Å²) >= 11 is 0. The van der Waals surface area contributed by atoms with E-state index in [9.17, 15) is 4.79 Å². The van der Waals surface area contributed by atoms with Gasteiger partial charge in [-0.15, -0.1) is 0 Å². The Morgan fingerprint density at radius 1 is 1.19 bits per heavy atom. The molecule has 0 heterocycles. The number of rotatable bonds is 11. The van der Waals surface area contributed by atoms with Gasteiger partial charge in [0.25, 0.3) is 0 Å². The molecule has 1 fully saturated rings. The van der Waals surface area contributed by atoms with Crippen LogP contribution in [-0.2, 0) is 9.53 Å². The first-order chi connectivity index (χ1) is 10.3. The van der Waals surface area contributed by atoms with Gasteiger partial charge in [-0.2, -0.15) is 0 Å². The number of ether oxygens (including phenoxy) is 1. The van der Waals surface area contributed by atoms with Crippen LogP contribution in [0.2, 0.25) is 0 Å². The average Bonchev–Trinajstić information content (AvgIpc) is 3.28. The number of nitrogens with zero attached hydrogens (tertiary/aromatic N) is 1. The van der Waals surface area contributed by atoms with E-state index >= 15 is 0 Å². The molecule has 0 spiro atoms. The van der Waals surface area contributed by atoms with E-state index in [0.29, 0.717) is 12.5 Å². The minimum Gasteiger partial charge on any atom is -0.382 e. The number of amides is 1. The third kappa shape index (κ3) is 10.1. The summed E-state index contributed by atoms with van der Waals surface area (Å²) in [5.41, 5.74) is 0. The summed E-state index contributed by atoms with van der Waals surface area (Å²) in [5, 5.41) is 9.47. The molecule has 0 unspecified atom stereocenters. The number of carbonyl (C=O) groups excluding carboxylic acids is 1. The fourth-order valence-electron chi connectivity index (χ4n) is 1.88. The zero-order valence-corrected chi connectivity index (χ0v) is 13.4. The molecule has 1 aliphatic carbocycles. The van der Waals surface area contributed by atoms with Crippen LogP contribution in [0, 0.1) is 0 Å². The van der Waals surface area contributed by atoms with E-state index in [-0.39, 0.29) is 5.91 Å². The molecule has 6 nitrogen and oxygen atoms in total. The van der Waals surface area contributed by atoms with Gasteiger partial charge in [-0.25, -0.2) is 0 Å². The Hall–Kier alpha value is -1.30. The molecule has 1 saturated carbocycles. The summed E-state index contributed by atoms with van der Waals surface area (Å²) in [6.45, 7) is 5.26. The molecular weight excluding hydrogens is 268 g/mol. The smallest absolute Gasteiger partial charge is 0.220 e. The van der Waals surface area contributed by atoms with Crippen molar-refractivity contribution in [3.63, 3.8) is 0 Å². The van der Waals surface area contributed by atoms with Crippen molar-refractivity contribution in [1.82, 2.24) is 16.0 Å². The number of nitrogens with one attached hydrogen (secondary N) is 3. The minimum absolute atomic E-state index is 0.165. The van der Waals surface area contributed by atoms with Crippen LogP contribution in [0.15, 0.2) is 4.99 Å². The molecule has 1 aliphatic rings. The van der Waals surface area contributed by atoms with Gasteiger partial charge in [0.2, 0.25) is 5.91 Å². The second-order valence-corrected chi connectivity index (χ2v) is 5.28. The molecule has 0 aromatic heterocycles. The van der Waals surface area contributed by atoms with Gasteiger partial charge in [-0.3, -0.25) is 9.79 Å². The van der Waals surface area contributed by atoms with Crippen LogP contribution in [-0.4, -0.2) is 51.3 Å². The molecule has 3 N–H and O–H groups in total. The Labute approximate surface area is 128 Å². The number of aliphatic imine (C=N–C) groups is 1. The maximum absolute atomic E-state index is 11.5. The van der Waals surface area contributed by atoms with Gasteiger partial charge >= 0.3 is 0 Å². The molecule has 0 atom stereocenters. The van der Waals surface area contributed by atoms with Crippen molar-refractivity contribution in [2.75, 3.05) is 33.4 Å². The summed E-state index contributed by atoms with van der Waals surface area (Å²) in [4.78, 5) is 15.7. The van der Waals surface area contributed by atoms with E-state index in [0.717, 1.165) is 64.4 Å². The molecule has 0 bridgehead atoms. The maximum atomic E-state index is 11.5. The maximum Gasteiger partial charge on any atom is 0.220 e. The summed E-state index contributed by atoms with van der Waals surface area (Å²) in [5.74, 6) is 0.965. The van der Waals surface area contributed by atoms with Gasteiger partial charge in [-0.1, -0.05) is 0 Å². The highest BCUT2D eigenvalue weighted by atomic mass is 16.5. The van der Waals surface area contributed by atoms with E-state index < -0.39 is 0 Å². The topological polar surface area (TPSA) is 74.8 Å².